The summed E-state index contributed by atoms with van der Waals surface area (Å²) < 4.78 is 6.30. The Hall–Kier alpha value is -1.20. The molecule has 4 nitrogen and oxygen atoms in total. The summed E-state index contributed by atoms with van der Waals surface area (Å²) in [5.74, 6) is 1.20. The Bertz CT molecular complexity index is 540. The molecule has 96 valence electrons. The van der Waals surface area contributed by atoms with Crippen molar-refractivity contribution in [2.75, 3.05) is 0 Å². The standard InChI is InChI=1S/C13H16BrN3O/c1-7-4-10(5-8(2)12(7)14)13-16-11(18-17-13)6-9(3)15/h4-5,9H,6,15H2,1-3H3. The molecule has 0 aliphatic carbocycles. The highest BCUT2D eigenvalue weighted by molar-refractivity contribution is 9.10. The lowest BCUT2D eigenvalue weighted by Crippen LogP contribution is -2.17. The molecule has 0 spiro atoms. The van der Waals surface area contributed by atoms with Crippen LogP contribution in [-0.2, 0) is 6.42 Å². The fourth-order valence-corrected chi connectivity index (χ4v) is 2.03. The third-order valence-electron chi connectivity index (χ3n) is 2.66. The molecule has 0 fully saturated rings. The number of aromatic nitrogens is 2. The van der Waals surface area contributed by atoms with E-state index in [1.807, 2.05) is 32.9 Å². The van der Waals surface area contributed by atoms with Gasteiger partial charge in [-0.25, -0.2) is 0 Å². The first-order chi connectivity index (χ1) is 8.47. The van der Waals surface area contributed by atoms with Crippen molar-refractivity contribution in [3.05, 3.63) is 33.6 Å². The van der Waals surface area contributed by atoms with Crippen molar-refractivity contribution in [1.29, 1.82) is 0 Å². The van der Waals surface area contributed by atoms with E-state index in [0.29, 0.717) is 18.1 Å². The zero-order valence-corrected chi connectivity index (χ0v) is 12.3. The number of benzene rings is 1. The lowest BCUT2D eigenvalue weighted by atomic mass is 10.1. The molecule has 1 unspecified atom stereocenters. The van der Waals surface area contributed by atoms with Crippen LogP contribution in [0.1, 0.15) is 23.9 Å². The third kappa shape index (κ3) is 2.79. The van der Waals surface area contributed by atoms with Crippen LogP contribution in [0.5, 0.6) is 0 Å². The van der Waals surface area contributed by atoms with Crippen LogP contribution in [0, 0.1) is 13.8 Å². The summed E-state index contributed by atoms with van der Waals surface area (Å²) in [5, 5.41) is 3.99. The van der Waals surface area contributed by atoms with E-state index >= 15 is 0 Å². The monoisotopic (exact) mass is 309 g/mol. The number of hydrogen-bond acceptors (Lipinski definition) is 4. The summed E-state index contributed by atoms with van der Waals surface area (Å²) >= 11 is 3.54. The molecule has 0 saturated heterocycles. The molecule has 0 radical (unpaired) electrons. The minimum absolute atomic E-state index is 0.0201. The van der Waals surface area contributed by atoms with E-state index in [9.17, 15) is 0 Å². The summed E-state index contributed by atoms with van der Waals surface area (Å²) in [6.07, 6.45) is 0.599. The first-order valence-corrected chi connectivity index (χ1v) is 6.62. The van der Waals surface area contributed by atoms with E-state index in [1.165, 1.54) is 0 Å². The Morgan fingerprint density at radius 1 is 1.33 bits per heavy atom. The molecular formula is C13H16BrN3O. The number of halogens is 1. The van der Waals surface area contributed by atoms with E-state index in [-0.39, 0.29) is 6.04 Å². The highest BCUT2D eigenvalue weighted by atomic mass is 79.9. The van der Waals surface area contributed by atoms with E-state index in [4.69, 9.17) is 10.3 Å². The Labute approximate surface area is 115 Å². The maximum absolute atomic E-state index is 5.71. The number of nitrogens with zero attached hydrogens (tertiary/aromatic N) is 2. The van der Waals surface area contributed by atoms with Crippen molar-refractivity contribution in [2.45, 2.75) is 33.2 Å². The number of hydrogen-bond donors (Lipinski definition) is 1. The van der Waals surface area contributed by atoms with Crippen LogP contribution in [0.15, 0.2) is 21.1 Å². The van der Waals surface area contributed by atoms with Crippen molar-refractivity contribution < 1.29 is 4.52 Å². The van der Waals surface area contributed by atoms with Gasteiger partial charge in [0, 0.05) is 22.5 Å². The zero-order chi connectivity index (χ0) is 13.3. The number of rotatable bonds is 3. The van der Waals surface area contributed by atoms with Crippen LogP contribution in [0.25, 0.3) is 11.4 Å². The predicted molar refractivity (Wildman–Crippen MR) is 74.3 cm³/mol. The second-order valence-electron chi connectivity index (χ2n) is 4.62. The highest BCUT2D eigenvalue weighted by Crippen LogP contribution is 2.27. The topological polar surface area (TPSA) is 64.9 Å². The van der Waals surface area contributed by atoms with Gasteiger partial charge in [0.25, 0.3) is 0 Å². The summed E-state index contributed by atoms with van der Waals surface area (Å²) in [4.78, 5) is 4.36. The van der Waals surface area contributed by atoms with Gasteiger partial charge in [0.05, 0.1) is 0 Å². The average Bonchev–Trinajstić information content (AvgIpc) is 2.72. The molecule has 0 bridgehead atoms. The molecule has 1 aromatic heterocycles. The second kappa shape index (κ2) is 5.20. The number of nitrogens with two attached hydrogens (primary N) is 1. The first-order valence-electron chi connectivity index (χ1n) is 5.82. The van der Waals surface area contributed by atoms with Gasteiger partial charge < -0.3 is 10.3 Å². The van der Waals surface area contributed by atoms with E-state index in [0.717, 1.165) is 21.2 Å². The highest BCUT2D eigenvalue weighted by Gasteiger charge is 2.12. The van der Waals surface area contributed by atoms with Crippen molar-refractivity contribution in [1.82, 2.24) is 10.1 Å². The smallest absolute Gasteiger partial charge is 0.228 e. The predicted octanol–water partition coefficient (Wildman–Crippen LogP) is 3.01. The summed E-state index contributed by atoms with van der Waals surface area (Å²) in [5.41, 5.74) is 8.98. The lowest BCUT2D eigenvalue weighted by Gasteiger charge is -2.04. The molecular weight excluding hydrogens is 294 g/mol. The van der Waals surface area contributed by atoms with Crippen LogP contribution >= 0.6 is 15.9 Å². The normalized spacial score (nSPS) is 12.7. The Morgan fingerprint density at radius 2 is 1.94 bits per heavy atom. The van der Waals surface area contributed by atoms with Crippen LogP contribution < -0.4 is 5.73 Å². The van der Waals surface area contributed by atoms with Crippen molar-refractivity contribution in [3.63, 3.8) is 0 Å². The van der Waals surface area contributed by atoms with Gasteiger partial charge >= 0.3 is 0 Å². The van der Waals surface area contributed by atoms with Crippen molar-refractivity contribution >= 4 is 15.9 Å². The molecule has 2 aromatic rings. The molecule has 1 atom stereocenters. The SMILES string of the molecule is Cc1cc(-c2noc(CC(C)N)n2)cc(C)c1Br. The molecule has 0 aliphatic heterocycles. The van der Waals surface area contributed by atoms with E-state index in [2.05, 4.69) is 26.1 Å². The van der Waals surface area contributed by atoms with Gasteiger partial charge in [-0.2, -0.15) is 4.98 Å². The molecule has 2 rings (SSSR count). The maximum Gasteiger partial charge on any atom is 0.228 e. The second-order valence-corrected chi connectivity index (χ2v) is 5.41. The van der Waals surface area contributed by atoms with Crippen LogP contribution in [0.2, 0.25) is 0 Å². The zero-order valence-electron chi connectivity index (χ0n) is 10.7. The van der Waals surface area contributed by atoms with E-state index in [1.54, 1.807) is 0 Å². The van der Waals surface area contributed by atoms with Crippen LogP contribution in [0.4, 0.5) is 0 Å². The largest absolute Gasteiger partial charge is 0.339 e. The molecule has 1 aromatic carbocycles. The average molecular weight is 310 g/mol. The van der Waals surface area contributed by atoms with Crippen molar-refractivity contribution in [2.24, 2.45) is 5.73 Å². The molecule has 5 heteroatoms. The molecule has 0 saturated carbocycles. The molecule has 1 heterocycles. The Morgan fingerprint density at radius 3 is 2.50 bits per heavy atom. The van der Waals surface area contributed by atoms with Gasteiger partial charge in [-0.05, 0) is 44.0 Å². The van der Waals surface area contributed by atoms with Gasteiger partial charge in [-0.15, -0.1) is 0 Å². The summed E-state index contributed by atoms with van der Waals surface area (Å²) in [7, 11) is 0. The van der Waals surface area contributed by atoms with Gasteiger partial charge in [0.1, 0.15) is 0 Å². The Balaban J connectivity index is 2.34. The lowest BCUT2D eigenvalue weighted by molar-refractivity contribution is 0.372. The van der Waals surface area contributed by atoms with Gasteiger partial charge in [0.15, 0.2) is 0 Å². The third-order valence-corrected chi connectivity index (χ3v) is 3.91. The quantitative estimate of drug-likeness (QED) is 0.946. The van der Waals surface area contributed by atoms with Gasteiger partial charge in [-0.3, -0.25) is 0 Å². The Kier molecular flexibility index (Phi) is 3.82. The fourth-order valence-electron chi connectivity index (χ4n) is 1.81. The molecule has 0 amide bonds. The van der Waals surface area contributed by atoms with Crippen molar-refractivity contribution in [3.8, 4) is 11.4 Å². The maximum atomic E-state index is 5.71. The molecule has 18 heavy (non-hydrogen) atoms. The van der Waals surface area contributed by atoms with Gasteiger partial charge in [-0.1, -0.05) is 21.1 Å². The molecule has 2 N–H and O–H groups in total. The minimum Gasteiger partial charge on any atom is -0.339 e. The van der Waals surface area contributed by atoms with Crippen LogP contribution in [0.3, 0.4) is 0 Å². The summed E-state index contributed by atoms with van der Waals surface area (Å²) in [6.45, 7) is 6.00. The minimum atomic E-state index is 0.0201. The molecule has 0 aliphatic rings. The van der Waals surface area contributed by atoms with Gasteiger partial charge in [0.2, 0.25) is 11.7 Å². The summed E-state index contributed by atoms with van der Waals surface area (Å²) in [6, 6.07) is 4.10. The first kappa shape index (κ1) is 13.2. The fraction of sp³-hybridized carbons (Fsp3) is 0.385. The van der Waals surface area contributed by atoms with E-state index < -0.39 is 0 Å². The number of aryl methyl sites for hydroxylation is 2. The van der Waals surface area contributed by atoms with Crippen LogP contribution in [-0.4, -0.2) is 16.2 Å².